The van der Waals surface area contributed by atoms with Gasteiger partial charge in [0, 0.05) is 18.6 Å². The van der Waals surface area contributed by atoms with E-state index in [0.29, 0.717) is 17.5 Å². The summed E-state index contributed by atoms with van der Waals surface area (Å²) in [7, 11) is 1.57. The first kappa shape index (κ1) is 16.1. The van der Waals surface area contributed by atoms with Gasteiger partial charge >= 0.3 is 0 Å². The molecule has 0 bridgehead atoms. The van der Waals surface area contributed by atoms with Crippen LogP contribution in [0.4, 0.5) is 0 Å². The number of fused-ring (bicyclic) bond motifs is 1. The molecule has 4 rings (SSSR count). The molecule has 2 aliphatic heterocycles. The molecule has 2 saturated heterocycles. The molecule has 2 aromatic rings. The number of rotatable bonds is 4. The van der Waals surface area contributed by atoms with Crippen LogP contribution < -0.4 is 10.1 Å². The van der Waals surface area contributed by atoms with Gasteiger partial charge in [0.25, 0.3) is 5.91 Å². The fourth-order valence-corrected chi connectivity index (χ4v) is 4.03. The topological polar surface area (TPSA) is 59.4 Å². The van der Waals surface area contributed by atoms with Crippen molar-refractivity contribution < 1.29 is 9.53 Å². The van der Waals surface area contributed by atoms with Crippen molar-refractivity contribution in [2.75, 3.05) is 20.2 Å². The zero-order chi connectivity index (χ0) is 17.2. The summed E-state index contributed by atoms with van der Waals surface area (Å²) in [6, 6.07) is 10.4. The lowest BCUT2D eigenvalue weighted by molar-refractivity contribution is 0.0907. The van der Waals surface area contributed by atoms with Gasteiger partial charge in [0.1, 0.15) is 0 Å². The molecule has 132 valence electrons. The van der Waals surface area contributed by atoms with Crippen molar-refractivity contribution in [2.45, 2.75) is 37.8 Å². The minimum absolute atomic E-state index is 0.149. The quantitative estimate of drug-likeness (QED) is 0.927. The number of benzene rings is 1. The highest BCUT2D eigenvalue weighted by Crippen LogP contribution is 2.28. The lowest BCUT2D eigenvalue weighted by atomic mass is 9.99. The fourth-order valence-electron chi connectivity index (χ4n) is 4.03. The number of carbonyl (C=O) groups is 1. The second-order valence-corrected chi connectivity index (χ2v) is 6.79. The van der Waals surface area contributed by atoms with Crippen LogP contribution in [0.2, 0.25) is 0 Å². The number of amides is 1. The Labute approximate surface area is 147 Å². The van der Waals surface area contributed by atoms with Gasteiger partial charge in [0.05, 0.1) is 19.0 Å². The number of hydrogen-bond donors (Lipinski definition) is 1. The largest absolute Gasteiger partial charge is 0.493 e. The first-order chi connectivity index (χ1) is 12.3. The lowest BCUT2D eigenvalue weighted by Crippen LogP contribution is -2.46. The van der Waals surface area contributed by atoms with Crippen LogP contribution in [0.15, 0.2) is 36.5 Å². The molecule has 0 spiro atoms. The molecule has 2 atom stereocenters. The van der Waals surface area contributed by atoms with Gasteiger partial charge in [-0.15, -0.1) is 0 Å². The van der Waals surface area contributed by atoms with E-state index in [1.165, 1.54) is 19.3 Å². The van der Waals surface area contributed by atoms with E-state index < -0.39 is 0 Å². The Bertz CT molecular complexity index is 743. The van der Waals surface area contributed by atoms with Gasteiger partial charge in [-0.1, -0.05) is 24.6 Å². The Morgan fingerprint density at radius 3 is 2.84 bits per heavy atom. The molecule has 2 fully saturated rings. The van der Waals surface area contributed by atoms with E-state index >= 15 is 0 Å². The summed E-state index contributed by atoms with van der Waals surface area (Å²) < 4.78 is 7.07. The molecule has 25 heavy (non-hydrogen) atoms. The molecule has 1 aromatic carbocycles. The van der Waals surface area contributed by atoms with Crippen LogP contribution in [0.3, 0.4) is 0 Å². The Kier molecular flexibility index (Phi) is 4.44. The maximum Gasteiger partial charge on any atom is 0.275 e. The smallest absolute Gasteiger partial charge is 0.275 e. The molecular weight excluding hydrogens is 316 g/mol. The fraction of sp³-hybridized carbons (Fsp3) is 0.474. The first-order valence-corrected chi connectivity index (χ1v) is 9.00. The standard InChI is InChI=1S/C19H24N4O2/c1-25-17-13-23(14-7-3-2-4-8-14)21-18(17)19(24)20-15-10-12-22-11-6-5-9-16(15)22/h2-4,7-8,13,15-16H,5-6,9-12H2,1H3,(H,20,24)/t15-,16-/m0/s1. The maximum atomic E-state index is 12.8. The molecule has 2 aliphatic rings. The molecule has 6 heteroatoms. The average molecular weight is 340 g/mol. The SMILES string of the molecule is COc1cn(-c2ccccc2)nc1C(=O)N[C@H]1CCN2CCCC[C@@H]12. The summed E-state index contributed by atoms with van der Waals surface area (Å²) in [6.45, 7) is 2.23. The number of carbonyl (C=O) groups excluding carboxylic acids is 1. The van der Waals surface area contributed by atoms with Crippen molar-refractivity contribution in [3.05, 3.63) is 42.2 Å². The highest BCUT2D eigenvalue weighted by molar-refractivity contribution is 5.95. The van der Waals surface area contributed by atoms with Crippen molar-refractivity contribution in [2.24, 2.45) is 0 Å². The van der Waals surface area contributed by atoms with Gasteiger partial charge in [0.15, 0.2) is 11.4 Å². The number of nitrogens with one attached hydrogen (secondary N) is 1. The molecule has 3 heterocycles. The van der Waals surface area contributed by atoms with Crippen molar-refractivity contribution in [3.63, 3.8) is 0 Å². The number of para-hydroxylation sites is 1. The Hall–Kier alpha value is -2.34. The summed E-state index contributed by atoms with van der Waals surface area (Å²) in [5.74, 6) is 0.351. The second kappa shape index (κ2) is 6.88. The number of nitrogens with zero attached hydrogens (tertiary/aromatic N) is 3. The minimum Gasteiger partial charge on any atom is -0.493 e. The first-order valence-electron chi connectivity index (χ1n) is 9.00. The predicted octanol–water partition coefficient (Wildman–Crippen LogP) is 2.24. The molecule has 0 radical (unpaired) electrons. The van der Waals surface area contributed by atoms with E-state index in [9.17, 15) is 4.79 Å². The zero-order valence-electron chi connectivity index (χ0n) is 14.5. The van der Waals surface area contributed by atoms with Gasteiger partial charge in [-0.2, -0.15) is 5.10 Å². The van der Waals surface area contributed by atoms with Crippen molar-refractivity contribution in [3.8, 4) is 11.4 Å². The highest BCUT2D eigenvalue weighted by atomic mass is 16.5. The van der Waals surface area contributed by atoms with Gasteiger partial charge < -0.3 is 10.1 Å². The van der Waals surface area contributed by atoms with Gasteiger partial charge in [-0.3, -0.25) is 9.69 Å². The maximum absolute atomic E-state index is 12.8. The lowest BCUT2D eigenvalue weighted by Gasteiger charge is -2.32. The van der Waals surface area contributed by atoms with Gasteiger partial charge in [-0.25, -0.2) is 4.68 Å². The van der Waals surface area contributed by atoms with Crippen molar-refractivity contribution in [1.29, 1.82) is 0 Å². The average Bonchev–Trinajstić information content (AvgIpc) is 3.27. The van der Waals surface area contributed by atoms with Gasteiger partial charge in [0.2, 0.25) is 0 Å². The molecule has 0 saturated carbocycles. The van der Waals surface area contributed by atoms with Crippen molar-refractivity contribution >= 4 is 5.91 Å². The molecule has 1 amide bonds. The molecule has 1 N–H and O–H groups in total. The normalized spacial score (nSPS) is 23.2. The summed E-state index contributed by atoms with van der Waals surface area (Å²) in [5.41, 5.74) is 1.25. The summed E-state index contributed by atoms with van der Waals surface area (Å²) in [4.78, 5) is 15.3. The van der Waals surface area contributed by atoms with Gasteiger partial charge in [-0.05, 0) is 37.9 Å². The predicted molar refractivity (Wildman–Crippen MR) is 95.2 cm³/mol. The van der Waals surface area contributed by atoms with Crippen LogP contribution in [-0.4, -0.2) is 52.9 Å². The van der Waals surface area contributed by atoms with Crippen LogP contribution >= 0.6 is 0 Å². The molecule has 6 nitrogen and oxygen atoms in total. The number of methoxy groups -OCH3 is 1. The molecule has 0 aliphatic carbocycles. The highest BCUT2D eigenvalue weighted by Gasteiger charge is 2.37. The summed E-state index contributed by atoms with van der Waals surface area (Å²) >= 11 is 0. The molecule has 1 aromatic heterocycles. The van der Waals surface area contributed by atoms with E-state index in [1.807, 2.05) is 30.3 Å². The van der Waals surface area contributed by atoms with Crippen LogP contribution in [0.1, 0.15) is 36.2 Å². The third kappa shape index (κ3) is 3.14. The van der Waals surface area contributed by atoms with E-state index in [4.69, 9.17) is 4.74 Å². The zero-order valence-corrected chi connectivity index (χ0v) is 14.5. The summed E-state index contributed by atoms with van der Waals surface area (Å²) in [5, 5.41) is 7.66. The van der Waals surface area contributed by atoms with Crippen LogP contribution in [-0.2, 0) is 0 Å². The van der Waals surface area contributed by atoms with Crippen LogP contribution in [0.25, 0.3) is 5.69 Å². The molecular formula is C19H24N4O2. The van der Waals surface area contributed by atoms with E-state index in [2.05, 4.69) is 15.3 Å². The number of ether oxygens (including phenoxy) is 1. The third-order valence-electron chi connectivity index (χ3n) is 5.31. The second-order valence-electron chi connectivity index (χ2n) is 6.79. The Balaban J connectivity index is 1.53. The van der Waals surface area contributed by atoms with E-state index in [0.717, 1.165) is 25.2 Å². The van der Waals surface area contributed by atoms with Crippen LogP contribution in [0.5, 0.6) is 5.75 Å². The Morgan fingerprint density at radius 2 is 2.04 bits per heavy atom. The molecule has 0 unspecified atom stereocenters. The Morgan fingerprint density at radius 1 is 1.20 bits per heavy atom. The van der Waals surface area contributed by atoms with Crippen LogP contribution in [0, 0.1) is 0 Å². The number of aromatic nitrogens is 2. The van der Waals surface area contributed by atoms with E-state index in [1.54, 1.807) is 18.0 Å². The van der Waals surface area contributed by atoms with E-state index in [-0.39, 0.29) is 11.9 Å². The summed E-state index contributed by atoms with van der Waals surface area (Å²) in [6.07, 6.45) is 6.45. The van der Waals surface area contributed by atoms with Crippen molar-refractivity contribution in [1.82, 2.24) is 20.0 Å². The third-order valence-corrected chi connectivity index (χ3v) is 5.31. The number of piperidine rings is 1. The monoisotopic (exact) mass is 340 g/mol. The minimum atomic E-state index is -0.149. The number of hydrogen-bond acceptors (Lipinski definition) is 4.